The summed E-state index contributed by atoms with van der Waals surface area (Å²) in [6, 6.07) is 8.34. The zero-order chi connectivity index (χ0) is 15.8. The van der Waals surface area contributed by atoms with Gasteiger partial charge in [0.25, 0.3) is 10.0 Å². The standard InChI is InChI=1S/C13H12Cl2N2O3S/c1-17(9-2-4-10(18)5-3-9)21(19,20)13-11(14)6-8(16)7-12(13)15/h2-7,18H,16H2,1H3. The zero-order valence-corrected chi connectivity index (χ0v) is 13.2. The Hall–Kier alpha value is -1.63. The maximum absolute atomic E-state index is 12.6. The highest BCUT2D eigenvalue weighted by Crippen LogP contribution is 2.35. The maximum atomic E-state index is 12.6. The first kappa shape index (κ1) is 15.8. The molecule has 0 radical (unpaired) electrons. The molecular weight excluding hydrogens is 335 g/mol. The first-order chi connectivity index (χ1) is 9.73. The molecular formula is C13H12Cl2N2O3S. The van der Waals surface area contributed by atoms with E-state index in [2.05, 4.69) is 0 Å². The van der Waals surface area contributed by atoms with E-state index in [1.807, 2.05) is 0 Å². The van der Waals surface area contributed by atoms with Gasteiger partial charge >= 0.3 is 0 Å². The minimum Gasteiger partial charge on any atom is -0.508 e. The molecule has 2 aromatic rings. The average molecular weight is 347 g/mol. The number of benzene rings is 2. The largest absolute Gasteiger partial charge is 0.508 e. The number of hydrogen-bond donors (Lipinski definition) is 2. The number of hydrogen-bond acceptors (Lipinski definition) is 4. The summed E-state index contributed by atoms with van der Waals surface area (Å²) in [4.78, 5) is -0.212. The maximum Gasteiger partial charge on any atom is 0.267 e. The van der Waals surface area contributed by atoms with Gasteiger partial charge in [0.1, 0.15) is 10.6 Å². The topological polar surface area (TPSA) is 83.6 Å². The molecule has 112 valence electrons. The highest BCUT2D eigenvalue weighted by atomic mass is 35.5. The Morgan fingerprint density at radius 3 is 2.05 bits per heavy atom. The molecule has 2 aromatic carbocycles. The Kier molecular flexibility index (Phi) is 4.22. The monoisotopic (exact) mass is 346 g/mol. The van der Waals surface area contributed by atoms with E-state index < -0.39 is 10.0 Å². The third-order valence-corrected chi connectivity index (χ3v) is 5.56. The highest BCUT2D eigenvalue weighted by Gasteiger charge is 2.27. The van der Waals surface area contributed by atoms with Gasteiger partial charge in [0, 0.05) is 12.7 Å². The van der Waals surface area contributed by atoms with Gasteiger partial charge in [-0.2, -0.15) is 0 Å². The number of nitrogens with two attached hydrogens (primary N) is 1. The lowest BCUT2D eigenvalue weighted by Gasteiger charge is -2.21. The molecule has 0 aromatic heterocycles. The molecule has 0 amide bonds. The fourth-order valence-electron chi connectivity index (χ4n) is 1.76. The Bertz CT molecular complexity index is 753. The van der Waals surface area contributed by atoms with Gasteiger partial charge in [-0.05, 0) is 36.4 Å². The number of phenols is 1. The van der Waals surface area contributed by atoms with Crippen LogP contribution in [-0.2, 0) is 10.0 Å². The normalized spacial score (nSPS) is 11.4. The van der Waals surface area contributed by atoms with Gasteiger partial charge in [-0.15, -0.1) is 0 Å². The van der Waals surface area contributed by atoms with Crippen LogP contribution in [0.15, 0.2) is 41.3 Å². The number of aromatic hydroxyl groups is 1. The van der Waals surface area contributed by atoms with E-state index in [4.69, 9.17) is 28.9 Å². The van der Waals surface area contributed by atoms with Gasteiger partial charge in [-0.25, -0.2) is 8.42 Å². The minimum atomic E-state index is -3.95. The smallest absolute Gasteiger partial charge is 0.267 e. The quantitative estimate of drug-likeness (QED) is 0.836. The van der Waals surface area contributed by atoms with Crippen LogP contribution in [0.5, 0.6) is 5.75 Å². The van der Waals surface area contributed by atoms with Crippen LogP contribution in [0.1, 0.15) is 0 Å². The number of halogens is 2. The number of sulfonamides is 1. The molecule has 0 aliphatic heterocycles. The molecule has 0 spiro atoms. The van der Waals surface area contributed by atoms with Crippen LogP contribution in [0.2, 0.25) is 10.0 Å². The summed E-state index contributed by atoms with van der Waals surface area (Å²) >= 11 is 11.9. The Labute approximate surface area is 132 Å². The molecule has 3 N–H and O–H groups in total. The van der Waals surface area contributed by atoms with Gasteiger partial charge < -0.3 is 10.8 Å². The van der Waals surface area contributed by atoms with Crippen LogP contribution in [0, 0.1) is 0 Å². The van der Waals surface area contributed by atoms with Crippen molar-refractivity contribution in [3.05, 3.63) is 46.4 Å². The molecule has 0 saturated carbocycles. The van der Waals surface area contributed by atoms with Crippen LogP contribution in [0.3, 0.4) is 0 Å². The Balaban J connectivity index is 2.54. The lowest BCUT2D eigenvalue weighted by atomic mass is 10.3. The van der Waals surface area contributed by atoms with E-state index in [1.54, 1.807) is 0 Å². The first-order valence-corrected chi connectivity index (χ1v) is 7.95. The van der Waals surface area contributed by atoms with Crippen LogP contribution in [0.4, 0.5) is 11.4 Å². The van der Waals surface area contributed by atoms with Crippen molar-refractivity contribution in [2.75, 3.05) is 17.1 Å². The van der Waals surface area contributed by atoms with Crippen LogP contribution < -0.4 is 10.0 Å². The van der Waals surface area contributed by atoms with Gasteiger partial charge in [-0.3, -0.25) is 4.31 Å². The van der Waals surface area contributed by atoms with Gasteiger partial charge in [0.15, 0.2) is 0 Å². The van der Waals surface area contributed by atoms with Crippen molar-refractivity contribution in [2.24, 2.45) is 0 Å². The van der Waals surface area contributed by atoms with E-state index in [9.17, 15) is 13.5 Å². The average Bonchev–Trinajstić information content (AvgIpc) is 2.37. The van der Waals surface area contributed by atoms with Crippen molar-refractivity contribution in [1.82, 2.24) is 0 Å². The minimum absolute atomic E-state index is 0.0353. The summed E-state index contributed by atoms with van der Waals surface area (Å²) in [5.74, 6) is 0.0353. The summed E-state index contributed by atoms with van der Waals surface area (Å²) in [5, 5.41) is 9.15. The number of phenolic OH excluding ortho intramolecular Hbond substituents is 1. The molecule has 8 heteroatoms. The van der Waals surface area contributed by atoms with Crippen LogP contribution >= 0.6 is 23.2 Å². The number of rotatable bonds is 3. The fraction of sp³-hybridized carbons (Fsp3) is 0.0769. The molecule has 21 heavy (non-hydrogen) atoms. The number of nitrogen functional groups attached to an aromatic ring is 1. The predicted octanol–water partition coefficient (Wildman–Crippen LogP) is 3.11. The first-order valence-electron chi connectivity index (χ1n) is 5.76. The third-order valence-electron chi connectivity index (χ3n) is 2.85. The van der Waals surface area contributed by atoms with Crippen molar-refractivity contribution in [1.29, 1.82) is 0 Å². The molecule has 0 fully saturated rings. The van der Waals surface area contributed by atoms with Gasteiger partial charge in [-0.1, -0.05) is 23.2 Å². The van der Waals surface area contributed by atoms with E-state index in [1.165, 1.54) is 43.4 Å². The SMILES string of the molecule is CN(c1ccc(O)cc1)S(=O)(=O)c1c(Cl)cc(N)cc1Cl. The molecule has 2 rings (SSSR count). The summed E-state index contributed by atoms with van der Waals surface area (Å²) < 4.78 is 26.3. The molecule has 0 heterocycles. The van der Waals surface area contributed by atoms with E-state index in [-0.39, 0.29) is 26.4 Å². The second kappa shape index (κ2) is 5.63. The van der Waals surface area contributed by atoms with Crippen LogP contribution in [0.25, 0.3) is 0 Å². The molecule has 5 nitrogen and oxygen atoms in total. The van der Waals surface area contributed by atoms with E-state index in [0.717, 1.165) is 4.31 Å². The highest BCUT2D eigenvalue weighted by molar-refractivity contribution is 7.93. The van der Waals surface area contributed by atoms with Crippen molar-refractivity contribution in [2.45, 2.75) is 4.90 Å². The molecule has 0 aliphatic carbocycles. The van der Waals surface area contributed by atoms with Crippen molar-refractivity contribution >= 4 is 44.6 Å². The fourth-order valence-corrected chi connectivity index (χ4v) is 4.14. The molecule has 0 unspecified atom stereocenters. The Morgan fingerprint density at radius 2 is 1.57 bits per heavy atom. The zero-order valence-electron chi connectivity index (χ0n) is 10.9. The van der Waals surface area contributed by atoms with Crippen molar-refractivity contribution in [3.8, 4) is 5.75 Å². The number of anilines is 2. The third kappa shape index (κ3) is 3.02. The second-order valence-corrected chi connectivity index (χ2v) is 7.02. The Morgan fingerprint density at radius 1 is 1.10 bits per heavy atom. The number of nitrogens with zero attached hydrogens (tertiary/aromatic N) is 1. The van der Waals surface area contributed by atoms with E-state index >= 15 is 0 Å². The summed E-state index contributed by atoms with van der Waals surface area (Å²) in [6.07, 6.45) is 0. The lowest BCUT2D eigenvalue weighted by molar-refractivity contribution is 0.475. The summed E-state index contributed by atoms with van der Waals surface area (Å²) in [5.41, 5.74) is 6.20. The predicted molar refractivity (Wildman–Crippen MR) is 84.6 cm³/mol. The molecule has 0 saturated heterocycles. The van der Waals surface area contributed by atoms with Gasteiger partial charge in [0.05, 0.1) is 15.7 Å². The lowest BCUT2D eigenvalue weighted by Crippen LogP contribution is -2.27. The summed E-state index contributed by atoms with van der Waals surface area (Å²) in [7, 11) is -2.58. The van der Waals surface area contributed by atoms with E-state index in [0.29, 0.717) is 5.69 Å². The van der Waals surface area contributed by atoms with Gasteiger partial charge in [0.2, 0.25) is 0 Å². The van der Waals surface area contributed by atoms with Crippen molar-refractivity contribution < 1.29 is 13.5 Å². The summed E-state index contributed by atoms with van der Waals surface area (Å²) in [6.45, 7) is 0. The molecule has 0 bridgehead atoms. The van der Waals surface area contributed by atoms with Crippen LogP contribution in [-0.4, -0.2) is 20.6 Å². The molecule has 0 aliphatic rings. The van der Waals surface area contributed by atoms with Crippen molar-refractivity contribution in [3.63, 3.8) is 0 Å². The second-order valence-electron chi connectivity index (χ2n) is 4.30. The molecule has 0 atom stereocenters.